The number of aryl methyl sites for hydroxylation is 2. The summed E-state index contributed by atoms with van der Waals surface area (Å²) in [5.41, 5.74) is 2.62. The maximum Gasteiger partial charge on any atom is 0.147 e. The van der Waals surface area contributed by atoms with Crippen LogP contribution in [0, 0.1) is 6.92 Å². The van der Waals surface area contributed by atoms with Crippen molar-refractivity contribution in [2.45, 2.75) is 46.1 Å². The maximum atomic E-state index is 4.29. The van der Waals surface area contributed by atoms with E-state index in [9.17, 15) is 0 Å². The Kier molecular flexibility index (Phi) is 4.89. The molecule has 0 unspecified atom stereocenters. The minimum Gasteiger partial charge on any atom is -0.312 e. The highest BCUT2D eigenvalue weighted by Gasteiger charge is 2.09. The van der Waals surface area contributed by atoms with Crippen molar-refractivity contribution in [3.63, 3.8) is 0 Å². The van der Waals surface area contributed by atoms with Crippen LogP contribution in [0.3, 0.4) is 0 Å². The number of hydrogen-bond donors (Lipinski definition) is 1. The molecule has 0 fully saturated rings. The molecule has 0 bridgehead atoms. The molecule has 0 aliphatic heterocycles. The molecule has 0 aliphatic rings. The molecule has 0 spiro atoms. The zero-order valence-electron chi connectivity index (χ0n) is 12.7. The molecule has 3 nitrogen and oxygen atoms in total. The number of aromatic nitrogens is 2. The van der Waals surface area contributed by atoms with E-state index in [0.29, 0.717) is 0 Å². The van der Waals surface area contributed by atoms with E-state index in [2.05, 4.69) is 67.5 Å². The molecule has 0 aliphatic carbocycles. The second-order valence-corrected chi connectivity index (χ2v) is 7.21. The van der Waals surface area contributed by atoms with Crippen molar-refractivity contribution in [2.24, 2.45) is 0 Å². The lowest BCUT2D eigenvalue weighted by molar-refractivity contribution is 0.422. The summed E-state index contributed by atoms with van der Waals surface area (Å²) in [5, 5.41) is 14.2. The monoisotopic (exact) mass is 289 g/mol. The minimum absolute atomic E-state index is 0.189. The minimum atomic E-state index is 0.189. The summed E-state index contributed by atoms with van der Waals surface area (Å²) in [6.07, 6.45) is 2.09. The largest absolute Gasteiger partial charge is 0.312 e. The lowest BCUT2D eigenvalue weighted by atomic mass is 10.1. The molecule has 4 heteroatoms. The van der Waals surface area contributed by atoms with Gasteiger partial charge in [0.1, 0.15) is 10.0 Å². The van der Waals surface area contributed by atoms with E-state index in [1.54, 1.807) is 11.3 Å². The molecule has 108 valence electrons. The van der Waals surface area contributed by atoms with Crippen molar-refractivity contribution in [2.75, 3.05) is 6.54 Å². The Morgan fingerprint density at radius 2 is 1.80 bits per heavy atom. The van der Waals surface area contributed by atoms with Gasteiger partial charge in [-0.15, -0.1) is 10.2 Å². The van der Waals surface area contributed by atoms with Gasteiger partial charge < -0.3 is 5.32 Å². The summed E-state index contributed by atoms with van der Waals surface area (Å²) in [4.78, 5) is 0. The maximum absolute atomic E-state index is 4.29. The van der Waals surface area contributed by atoms with Crippen LogP contribution in [0.4, 0.5) is 0 Å². The van der Waals surface area contributed by atoms with Gasteiger partial charge in [-0.1, -0.05) is 41.2 Å². The topological polar surface area (TPSA) is 37.8 Å². The predicted octanol–water partition coefficient (Wildman–Crippen LogP) is 3.83. The van der Waals surface area contributed by atoms with Crippen LogP contribution >= 0.6 is 11.3 Å². The highest BCUT2D eigenvalue weighted by atomic mass is 32.1. The van der Waals surface area contributed by atoms with Crippen LogP contribution in [0.25, 0.3) is 10.6 Å². The molecular weight excluding hydrogens is 266 g/mol. The number of hydrogen-bond acceptors (Lipinski definition) is 4. The summed E-state index contributed by atoms with van der Waals surface area (Å²) < 4.78 is 0. The molecule has 2 rings (SSSR count). The number of nitrogens with one attached hydrogen (secondary N) is 1. The van der Waals surface area contributed by atoms with Gasteiger partial charge in [0.05, 0.1) is 0 Å². The molecule has 0 saturated carbocycles. The van der Waals surface area contributed by atoms with Gasteiger partial charge >= 0.3 is 0 Å². The molecule has 20 heavy (non-hydrogen) atoms. The van der Waals surface area contributed by atoms with Crippen molar-refractivity contribution >= 4 is 11.3 Å². The highest BCUT2D eigenvalue weighted by Crippen LogP contribution is 2.24. The van der Waals surface area contributed by atoms with E-state index in [-0.39, 0.29) is 5.54 Å². The third-order valence-corrected chi connectivity index (χ3v) is 4.02. The van der Waals surface area contributed by atoms with E-state index >= 15 is 0 Å². The average molecular weight is 289 g/mol. The SMILES string of the molecule is Cc1ccc(-c2nnc(CCCNC(C)(C)C)s2)cc1. The van der Waals surface area contributed by atoms with Crippen LogP contribution in [-0.4, -0.2) is 22.3 Å². The number of nitrogens with zero attached hydrogens (tertiary/aromatic N) is 2. The first-order valence-corrected chi connectivity index (χ1v) is 7.90. The van der Waals surface area contributed by atoms with Gasteiger partial charge in [0.15, 0.2) is 0 Å². The third-order valence-electron chi connectivity index (χ3n) is 2.99. The van der Waals surface area contributed by atoms with E-state index in [4.69, 9.17) is 0 Å². The summed E-state index contributed by atoms with van der Waals surface area (Å²) >= 11 is 1.70. The molecule has 0 amide bonds. The van der Waals surface area contributed by atoms with Gasteiger partial charge in [0.25, 0.3) is 0 Å². The molecule has 1 N–H and O–H groups in total. The van der Waals surface area contributed by atoms with Crippen LogP contribution < -0.4 is 5.32 Å². The zero-order valence-corrected chi connectivity index (χ0v) is 13.5. The Bertz CT molecular complexity index is 538. The van der Waals surface area contributed by atoms with Crippen LogP contribution in [0.15, 0.2) is 24.3 Å². The Balaban J connectivity index is 1.88. The van der Waals surface area contributed by atoms with Crippen molar-refractivity contribution in [1.29, 1.82) is 0 Å². The second-order valence-electron chi connectivity index (χ2n) is 6.15. The van der Waals surface area contributed by atoms with Gasteiger partial charge in [-0.25, -0.2) is 0 Å². The standard InChI is InChI=1S/C16H23N3S/c1-12-7-9-13(10-8-12)15-19-18-14(20-15)6-5-11-17-16(2,3)4/h7-10,17H,5-6,11H2,1-4H3. The normalized spacial score (nSPS) is 11.8. The molecule has 1 aromatic heterocycles. The van der Waals surface area contributed by atoms with Crippen molar-refractivity contribution in [3.05, 3.63) is 34.8 Å². The number of rotatable bonds is 5. The molecule has 1 aromatic carbocycles. The van der Waals surface area contributed by atoms with Gasteiger partial charge in [0.2, 0.25) is 0 Å². The van der Waals surface area contributed by atoms with Crippen LogP contribution in [-0.2, 0) is 6.42 Å². The van der Waals surface area contributed by atoms with E-state index in [1.165, 1.54) is 5.56 Å². The van der Waals surface area contributed by atoms with Gasteiger partial charge in [-0.3, -0.25) is 0 Å². The summed E-state index contributed by atoms with van der Waals surface area (Å²) in [6.45, 7) is 9.68. The third kappa shape index (κ3) is 4.69. The van der Waals surface area contributed by atoms with Gasteiger partial charge in [-0.2, -0.15) is 0 Å². The fourth-order valence-electron chi connectivity index (χ4n) is 1.87. The van der Waals surface area contributed by atoms with Gasteiger partial charge in [0, 0.05) is 17.5 Å². The number of benzene rings is 1. The van der Waals surface area contributed by atoms with Crippen LogP contribution in [0.5, 0.6) is 0 Å². The average Bonchev–Trinajstić information content (AvgIpc) is 2.83. The Labute approximate surface area is 125 Å². The fraction of sp³-hybridized carbons (Fsp3) is 0.500. The predicted molar refractivity (Wildman–Crippen MR) is 86.2 cm³/mol. The lowest BCUT2D eigenvalue weighted by Gasteiger charge is -2.20. The molecular formula is C16H23N3S. The van der Waals surface area contributed by atoms with Crippen molar-refractivity contribution < 1.29 is 0 Å². The quantitative estimate of drug-likeness (QED) is 0.850. The summed E-state index contributed by atoms with van der Waals surface area (Å²) in [6, 6.07) is 8.45. The van der Waals surface area contributed by atoms with E-state index < -0.39 is 0 Å². The first-order chi connectivity index (χ1) is 9.44. The van der Waals surface area contributed by atoms with Crippen LogP contribution in [0.2, 0.25) is 0 Å². The first kappa shape index (κ1) is 15.1. The smallest absolute Gasteiger partial charge is 0.147 e. The molecule has 1 heterocycles. The molecule has 0 radical (unpaired) electrons. The fourth-order valence-corrected chi connectivity index (χ4v) is 2.76. The molecule has 0 atom stereocenters. The Morgan fingerprint density at radius 1 is 1.10 bits per heavy atom. The van der Waals surface area contributed by atoms with Crippen molar-refractivity contribution in [3.8, 4) is 10.6 Å². The van der Waals surface area contributed by atoms with Crippen LogP contribution in [0.1, 0.15) is 37.8 Å². The lowest BCUT2D eigenvalue weighted by Crippen LogP contribution is -2.36. The first-order valence-electron chi connectivity index (χ1n) is 7.08. The van der Waals surface area contributed by atoms with Crippen molar-refractivity contribution in [1.82, 2.24) is 15.5 Å². The summed E-state index contributed by atoms with van der Waals surface area (Å²) in [7, 11) is 0. The van der Waals surface area contributed by atoms with E-state index in [1.807, 2.05) is 0 Å². The molecule has 2 aromatic rings. The zero-order chi connectivity index (χ0) is 14.6. The highest BCUT2D eigenvalue weighted by molar-refractivity contribution is 7.14. The molecule has 0 saturated heterocycles. The van der Waals surface area contributed by atoms with Gasteiger partial charge in [-0.05, 0) is 40.7 Å². The second kappa shape index (κ2) is 6.46. The Morgan fingerprint density at radius 3 is 2.45 bits per heavy atom. The summed E-state index contributed by atoms with van der Waals surface area (Å²) in [5.74, 6) is 0. The van der Waals surface area contributed by atoms with E-state index in [0.717, 1.165) is 35.0 Å². The Hall–Kier alpha value is -1.26.